The molecule has 6 heteroatoms. The molecule has 0 N–H and O–H groups in total. The predicted molar refractivity (Wildman–Crippen MR) is 134 cm³/mol. The lowest BCUT2D eigenvalue weighted by Gasteiger charge is -2.44. The fraction of sp³-hybridized carbons (Fsp3) is 0.520. The van der Waals surface area contributed by atoms with Gasteiger partial charge in [0.2, 0.25) is 0 Å². The molecule has 1 saturated heterocycles. The number of nitrogens with zero attached hydrogens (tertiary/aromatic N) is 1. The molecule has 1 heterocycles. The van der Waals surface area contributed by atoms with Gasteiger partial charge >= 0.3 is 0 Å². The van der Waals surface area contributed by atoms with Crippen LogP contribution in [0.3, 0.4) is 0 Å². The van der Waals surface area contributed by atoms with E-state index in [0.29, 0.717) is 5.92 Å². The molecule has 2 aromatic carbocycles. The van der Waals surface area contributed by atoms with Gasteiger partial charge in [-0.1, -0.05) is 25.1 Å². The minimum absolute atomic E-state index is 0.107. The van der Waals surface area contributed by atoms with Gasteiger partial charge in [-0.2, -0.15) is 0 Å². The summed E-state index contributed by atoms with van der Waals surface area (Å²) in [5.41, 5.74) is 2.63. The summed E-state index contributed by atoms with van der Waals surface area (Å²) < 4.78 is 16.3. The quantitative estimate of drug-likeness (QED) is 0.437. The van der Waals surface area contributed by atoms with Crippen molar-refractivity contribution >= 4 is 23.5 Å². The lowest BCUT2D eigenvalue weighted by Crippen LogP contribution is -2.46. The molecule has 3 rings (SSSR count). The molecule has 0 radical (unpaired) electrons. The topological polar surface area (TPSA) is 30.9 Å². The van der Waals surface area contributed by atoms with Gasteiger partial charge in [-0.3, -0.25) is 4.90 Å². The van der Waals surface area contributed by atoms with Gasteiger partial charge in [0, 0.05) is 13.1 Å². The smallest absolute Gasteiger partial charge is 0.160 e. The molecule has 0 aliphatic carbocycles. The van der Waals surface area contributed by atoms with Crippen molar-refractivity contribution in [2.24, 2.45) is 0 Å². The number of ether oxygens (including phenoxy) is 3. The second kappa shape index (κ2) is 11.4. The van der Waals surface area contributed by atoms with Crippen LogP contribution in [0.5, 0.6) is 17.2 Å². The van der Waals surface area contributed by atoms with Gasteiger partial charge < -0.3 is 14.2 Å². The number of thioether (sulfide) groups is 2. The third-order valence-corrected chi connectivity index (χ3v) is 9.18. The number of rotatable bonds is 10. The zero-order valence-corrected chi connectivity index (χ0v) is 21.0. The van der Waals surface area contributed by atoms with E-state index in [0.717, 1.165) is 36.8 Å². The van der Waals surface area contributed by atoms with E-state index in [4.69, 9.17) is 14.2 Å². The fourth-order valence-electron chi connectivity index (χ4n) is 3.94. The first-order chi connectivity index (χ1) is 15.0. The Morgan fingerprint density at radius 2 is 1.61 bits per heavy atom. The van der Waals surface area contributed by atoms with Gasteiger partial charge in [0.1, 0.15) is 9.95 Å². The SMILES string of the molecule is COc1ccc(C(C)CN(CCc2ccc(OC)c(OC)c2)C2(C)SCCCS2)cc1. The van der Waals surface area contributed by atoms with E-state index < -0.39 is 0 Å². The lowest BCUT2D eigenvalue weighted by atomic mass is 10.00. The molecule has 0 saturated carbocycles. The molecule has 31 heavy (non-hydrogen) atoms. The normalized spacial score (nSPS) is 16.7. The molecule has 0 bridgehead atoms. The number of hydrogen-bond acceptors (Lipinski definition) is 6. The van der Waals surface area contributed by atoms with Crippen LogP contribution in [0.15, 0.2) is 42.5 Å². The first-order valence-corrected chi connectivity index (χ1v) is 12.8. The van der Waals surface area contributed by atoms with Crippen LogP contribution < -0.4 is 14.2 Å². The van der Waals surface area contributed by atoms with Crippen LogP contribution in [-0.4, -0.2) is 55.0 Å². The van der Waals surface area contributed by atoms with E-state index in [9.17, 15) is 0 Å². The second-order valence-electron chi connectivity index (χ2n) is 8.01. The van der Waals surface area contributed by atoms with Crippen LogP contribution in [0.4, 0.5) is 0 Å². The first kappa shape index (κ1) is 24.1. The average Bonchev–Trinajstić information content (AvgIpc) is 2.81. The van der Waals surface area contributed by atoms with Crippen LogP contribution >= 0.6 is 23.5 Å². The van der Waals surface area contributed by atoms with E-state index in [1.165, 1.54) is 29.1 Å². The molecule has 2 aromatic rings. The molecule has 1 atom stereocenters. The fourth-order valence-corrected chi connectivity index (χ4v) is 6.98. The second-order valence-corrected chi connectivity index (χ2v) is 11.2. The molecule has 1 aliphatic rings. The Balaban J connectivity index is 1.74. The zero-order valence-electron chi connectivity index (χ0n) is 19.3. The van der Waals surface area contributed by atoms with E-state index in [-0.39, 0.29) is 4.20 Å². The third kappa shape index (κ3) is 6.27. The molecular weight excluding hydrogens is 426 g/mol. The van der Waals surface area contributed by atoms with Gasteiger partial charge in [-0.15, -0.1) is 23.5 Å². The average molecular weight is 462 g/mol. The first-order valence-electron chi connectivity index (χ1n) is 10.9. The summed E-state index contributed by atoms with van der Waals surface area (Å²) in [6.07, 6.45) is 2.27. The van der Waals surface area contributed by atoms with E-state index in [1.54, 1.807) is 21.3 Å². The van der Waals surface area contributed by atoms with Crippen molar-refractivity contribution < 1.29 is 14.2 Å². The molecule has 4 nitrogen and oxygen atoms in total. The summed E-state index contributed by atoms with van der Waals surface area (Å²) in [5, 5.41) is 0. The predicted octanol–water partition coefficient (Wildman–Crippen LogP) is 5.90. The van der Waals surface area contributed by atoms with Gasteiger partial charge in [-0.05, 0) is 72.6 Å². The molecule has 1 fully saturated rings. The van der Waals surface area contributed by atoms with Crippen molar-refractivity contribution in [3.8, 4) is 17.2 Å². The number of hydrogen-bond donors (Lipinski definition) is 0. The monoisotopic (exact) mass is 461 g/mol. The van der Waals surface area contributed by atoms with Gasteiger partial charge in [0.15, 0.2) is 11.5 Å². The maximum Gasteiger partial charge on any atom is 0.160 e. The number of methoxy groups -OCH3 is 3. The molecule has 170 valence electrons. The van der Waals surface area contributed by atoms with Crippen molar-refractivity contribution in [2.45, 2.75) is 36.8 Å². The van der Waals surface area contributed by atoms with Crippen LogP contribution in [0, 0.1) is 0 Å². The maximum atomic E-state index is 5.50. The third-order valence-electron chi connectivity index (χ3n) is 5.90. The molecule has 0 amide bonds. The lowest BCUT2D eigenvalue weighted by molar-refractivity contribution is 0.236. The van der Waals surface area contributed by atoms with Crippen LogP contribution in [0.1, 0.15) is 37.3 Å². The van der Waals surface area contributed by atoms with Crippen molar-refractivity contribution in [3.63, 3.8) is 0 Å². The van der Waals surface area contributed by atoms with Crippen molar-refractivity contribution in [1.29, 1.82) is 0 Å². The van der Waals surface area contributed by atoms with E-state index in [1.807, 2.05) is 6.07 Å². The maximum absolute atomic E-state index is 5.50. The summed E-state index contributed by atoms with van der Waals surface area (Å²) in [6.45, 7) is 6.76. The summed E-state index contributed by atoms with van der Waals surface area (Å²) in [7, 11) is 5.09. The molecule has 1 aliphatic heterocycles. The molecule has 0 aromatic heterocycles. The largest absolute Gasteiger partial charge is 0.497 e. The highest BCUT2D eigenvalue weighted by atomic mass is 32.2. The highest BCUT2D eigenvalue weighted by molar-refractivity contribution is 8.18. The van der Waals surface area contributed by atoms with Crippen molar-refractivity contribution in [2.75, 3.05) is 45.9 Å². The van der Waals surface area contributed by atoms with E-state index >= 15 is 0 Å². The molecule has 0 spiro atoms. The molecule has 1 unspecified atom stereocenters. The van der Waals surface area contributed by atoms with Crippen molar-refractivity contribution in [3.05, 3.63) is 53.6 Å². The summed E-state index contributed by atoms with van der Waals surface area (Å²) in [5.74, 6) is 5.39. The standard InChI is InChI=1S/C25H35NO3S2/c1-19(21-8-10-22(27-3)11-9-21)18-26(25(2)30-15-6-16-31-25)14-13-20-7-12-23(28-4)24(17-20)29-5/h7-12,17,19H,6,13-16,18H2,1-5H3. The minimum atomic E-state index is 0.107. The Morgan fingerprint density at radius 1 is 0.935 bits per heavy atom. The van der Waals surface area contributed by atoms with E-state index in [2.05, 4.69) is 78.7 Å². The van der Waals surface area contributed by atoms with Crippen LogP contribution in [0.25, 0.3) is 0 Å². The highest BCUT2D eigenvalue weighted by Gasteiger charge is 2.35. The van der Waals surface area contributed by atoms with Gasteiger partial charge in [-0.25, -0.2) is 0 Å². The Labute approximate surface area is 196 Å². The zero-order chi connectivity index (χ0) is 22.3. The Kier molecular flexibility index (Phi) is 8.87. The van der Waals surface area contributed by atoms with Crippen molar-refractivity contribution in [1.82, 2.24) is 4.90 Å². The summed E-state index contributed by atoms with van der Waals surface area (Å²) in [4.78, 5) is 2.67. The highest BCUT2D eigenvalue weighted by Crippen LogP contribution is 2.45. The van der Waals surface area contributed by atoms with Crippen LogP contribution in [-0.2, 0) is 6.42 Å². The Hall–Kier alpha value is -1.50. The molecular formula is C25H35NO3S2. The summed E-state index contributed by atoms with van der Waals surface area (Å²) >= 11 is 4.18. The minimum Gasteiger partial charge on any atom is -0.497 e. The van der Waals surface area contributed by atoms with Crippen LogP contribution in [0.2, 0.25) is 0 Å². The summed E-state index contributed by atoms with van der Waals surface area (Å²) in [6, 6.07) is 14.8. The number of benzene rings is 2. The van der Waals surface area contributed by atoms with Gasteiger partial charge in [0.05, 0.1) is 21.3 Å². The Morgan fingerprint density at radius 3 is 2.23 bits per heavy atom. The van der Waals surface area contributed by atoms with Gasteiger partial charge in [0.25, 0.3) is 0 Å². The Bertz CT molecular complexity index is 822.